The van der Waals surface area contributed by atoms with Crippen molar-refractivity contribution in [2.24, 2.45) is 0 Å². The number of aryl methyl sites for hydroxylation is 1. The number of benzene rings is 1. The van der Waals surface area contributed by atoms with Gasteiger partial charge in [-0.3, -0.25) is 4.79 Å². The average Bonchev–Trinajstić information content (AvgIpc) is 3.00. The van der Waals surface area contributed by atoms with Gasteiger partial charge >= 0.3 is 0 Å². The van der Waals surface area contributed by atoms with E-state index in [1.165, 1.54) is 0 Å². The summed E-state index contributed by atoms with van der Waals surface area (Å²) in [4.78, 5) is 16.5. The number of nitrogens with zero attached hydrogens (tertiary/aromatic N) is 2. The highest BCUT2D eigenvalue weighted by Gasteiger charge is 2.29. The van der Waals surface area contributed by atoms with Crippen molar-refractivity contribution < 1.29 is 14.4 Å². The van der Waals surface area contributed by atoms with Crippen LogP contribution in [0.4, 0.5) is 0 Å². The molecule has 23 heavy (non-hydrogen) atoms. The Kier molecular flexibility index (Phi) is 4.43. The Labute approximate surface area is 134 Å². The number of nitrogens with one attached hydrogen (secondary N) is 1. The first-order chi connectivity index (χ1) is 11.1. The summed E-state index contributed by atoms with van der Waals surface area (Å²) in [6, 6.07) is 7.07. The molecule has 0 saturated heterocycles. The first kappa shape index (κ1) is 15.7. The zero-order chi connectivity index (χ0) is 16.3. The van der Waals surface area contributed by atoms with Gasteiger partial charge in [-0.2, -0.15) is 4.98 Å². The molecule has 0 spiro atoms. The molecule has 2 N–H and O–H groups in total. The smallest absolute Gasteiger partial charge is 0.251 e. The number of amides is 1. The Morgan fingerprint density at radius 1 is 1.35 bits per heavy atom. The molecule has 6 nitrogen and oxygen atoms in total. The average molecular weight is 315 g/mol. The maximum Gasteiger partial charge on any atom is 0.251 e. The summed E-state index contributed by atoms with van der Waals surface area (Å²) in [5.74, 6) is 0.739. The quantitative estimate of drug-likeness (QED) is 0.905. The van der Waals surface area contributed by atoms with Crippen LogP contribution in [0.25, 0.3) is 11.4 Å². The van der Waals surface area contributed by atoms with Gasteiger partial charge in [-0.1, -0.05) is 36.6 Å². The molecule has 3 rings (SSSR count). The second-order valence-corrected chi connectivity index (χ2v) is 6.19. The van der Waals surface area contributed by atoms with Crippen molar-refractivity contribution in [1.29, 1.82) is 0 Å². The zero-order valence-corrected chi connectivity index (χ0v) is 13.2. The number of carbonyl (C=O) groups is 1. The van der Waals surface area contributed by atoms with Crippen molar-refractivity contribution >= 4 is 5.91 Å². The molecule has 0 unspecified atom stereocenters. The van der Waals surface area contributed by atoms with Gasteiger partial charge in [-0.25, -0.2) is 0 Å². The molecule has 122 valence electrons. The Morgan fingerprint density at radius 3 is 2.83 bits per heavy atom. The van der Waals surface area contributed by atoms with E-state index in [4.69, 9.17) is 4.52 Å². The van der Waals surface area contributed by atoms with Crippen LogP contribution in [0.2, 0.25) is 0 Å². The van der Waals surface area contributed by atoms with Crippen molar-refractivity contribution in [2.45, 2.75) is 44.6 Å². The minimum Gasteiger partial charge on any atom is -0.388 e. The summed E-state index contributed by atoms with van der Waals surface area (Å²) in [6.07, 6.45) is 4.67. The van der Waals surface area contributed by atoms with Crippen molar-refractivity contribution in [3.8, 4) is 11.4 Å². The van der Waals surface area contributed by atoms with Crippen LogP contribution in [0.1, 0.15) is 48.4 Å². The minimum absolute atomic E-state index is 0.203. The molecule has 0 bridgehead atoms. The normalized spacial score (nSPS) is 17.0. The van der Waals surface area contributed by atoms with Crippen LogP contribution >= 0.6 is 0 Å². The van der Waals surface area contributed by atoms with Gasteiger partial charge in [0.15, 0.2) is 0 Å². The Hall–Kier alpha value is -2.21. The van der Waals surface area contributed by atoms with Crippen LogP contribution in [0.3, 0.4) is 0 Å². The molecule has 0 aliphatic heterocycles. The van der Waals surface area contributed by atoms with E-state index >= 15 is 0 Å². The molecular weight excluding hydrogens is 294 g/mol. The molecule has 1 aliphatic rings. The molecular formula is C17H21N3O3. The minimum atomic E-state index is -0.768. The highest BCUT2D eigenvalue weighted by atomic mass is 16.5. The van der Waals surface area contributed by atoms with Gasteiger partial charge in [-0.05, 0) is 25.0 Å². The molecule has 1 fully saturated rings. The Balaban J connectivity index is 1.68. The van der Waals surface area contributed by atoms with E-state index in [-0.39, 0.29) is 12.5 Å². The number of rotatable bonds is 4. The molecule has 1 heterocycles. The van der Waals surface area contributed by atoms with Gasteiger partial charge in [0.05, 0.1) is 5.60 Å². The van der Waals surface area contributed by atoms with Crippen LogP contribution in [0.15, 0.2) is 28.8 Å². The maximum absolute atomic E-state index is 12.3. The zero-order valence-electron chi connectivity index (χ0n) is 13.2. The second kappa shape index (κ2) is 6.50. The van der Waals surface area contributed by atoms with E-state index in [1.807, 2.05) is 6.07 Å². The third-order valence-corrected chi connectivity index (χ3v) is 4.27. The molecule has 2 aromatic rings. The summed E-state index contributed by atoms with van der Waals surface area (Å²) in [5, 5.41) is 17.2. The van der Waals surface area contributed by atoms with Gasteiger partial charge in [0.1, 0.15) is 0 Å². The van der Waals surface area contributed by atoms with E-state index < -0.39 is 5.60 Å². The highest BCUT2D eigenvalue weighted by molar-refractivity contribution is 5.95. The van der Waals surface area contributed by atoms with Crippen LogP contribution in [0, 0.1) is 6.92 Å². The summed E-state index contributed by atoms with van der Waals surface area (Å²) in [6.45, 7) is 2.01. The lowest BCUT2D eigenvalue weighted by atomic mass is 9.85. The standard InChI is InChI=1S/C17H21N3O3/c1-12-19-15(20-23-12)13-6-5-7-14(10-13)16(21)18-11-17(22)8-3-2-4-9-17/h5-7,10,22H,2-4,8-9,11H2,1H3,(H,18,21). The van der Waals surface area contributed by atoms with Crippen LogP contribution in [-0.2, 0) is 0 Å². The second-order valence-electron chi connectivity index (χ2n) is 6.19. The van der Waals surface area contributed by atoms with Crippen LogP contribution < -0.4 is 5.32 Å². The van der Waals surface area contributed by atoms with Crippen molar-refractivity contribution in [3.63, 3.8) is 0 Å². The lowest BCUT2D eigenvalue weighted by Gasteiger charge is -2.32. The van der Waals surface area contributed by atoms with E-state index in [9.17, 15) is 9.90 Å². The van der Waals surface area contributed by atoms with Gasteiger partial charge in [0, 0.05) is 24.6 Å². The molecule has 0 atom stereocenters. The molecule has 1 aromatic carbocycles. The van der Waals surface area contributed by atoms with Gasteiger partial charge in [-0.15, -0.1) is 0 Å². The van der Waals surface area contributed by atoms with Crippen LogP contribution in [-0.4, -0.2) is 33.3 Å². The number of carbonyl (C=O) groups excluding carboxylic acids is 1. The predicted octanol–water partition coefficient (Wildman–Crippen LogP) is 2.47. The fourth-order valence-corrected chi connectivity index (χ4v) is 2.95. The first-order valence-corrected chi connectivity index (χ1v) is 7.97. The summed E-state index contributed by atoms with van der Waals surface area (Å²) >= 11 is 0. The van der Waals surface area contributed by atoms with E-state index in [1.54, 1.807) is 25.1 Å². The van der Waals surface area contributed by atoms with E-state index in [2.05, 4.69) is 15.5 Å². The monoisotopic (exact) mass is 315 g/mol. The molecule has 1 saturated carbocycles. The van der Waals surface area contributed by atoms with Crippen molar-refractivity contribution in [3.05, 3.63) is 35.7 Å². The number of hydrogen-bond acceptors (Lipinski definition) is 5. The van der Waals surface area contributed by atoms with Gasteiger partial charge in [0.2, 0.25) is 11.7 Å². The first-order valence-electron chi connectivity index (χ1n) is 7.97. The van der Waals surface area contributed by atoms with E-state index in [0.29, 0.717) is 17.3 Å². The molecule has 0 radical (unpaired) electrons. The lowest BCUT2D eigenvalue weighted by Crippen LogP contribution is -2.44. The summed E-state index contributed by atoms with van der Waals surface area (Å²) in [7, 11) is 0. The van der Waals surface area contributed by atoms with Gasteiger partial charge in [0.25, 0.3) is 5.91 Å². The predicted molar refractivity (Wildman–Crippen MR) is 84.8 cm³/mol. The van der Waals surface area contributed by atoms with Crippen molar-refractivity contribution in [1.82, 2.24) is 15.5 Å². The van der Waals surface area contributed by atoms with Gasteiger partial charge < -0.3 is 14.9 Å². The largest absolute Gasteiger partial charge is 0.388 e. The third kappa shape index (κ3) is 3.76. The van der Waals surface area contributed by atoms with E-state index in [0.717, 1.165) is 37.7 Å². The summed E-state index contributed by atoms with van der Waals surface area (Å²) in [5.41, 5.74) is 0.478. The molecule has 1 aliphatic carbocycles. The molecule has 1 aromatic heterocycles. The summed E-state index contributed by atoms with van der Waals surface area (Å²) < 4.78 is 4.96. The SMILES string of the molecule is Cc1nc(-c2cccc(C(=O)NCC3(O)CCCCC3)c2)no1. The molecule has 1 amide bonds. The number of aromatic nitrogens is 2. The third-order valence-electron chi connectivity index (χ3n) is 4.27. The van der Waals surface area contributed by atoms with Crippen LogP contribution in [0.5, 0.6) is 0 Å². The highest BCUT2D eigenvalue weighted by Crippen LogP contribution is 2.27. The molecule has 6 heteroatoms. The Morgan fingerprint density at radius 2 is 2.13 bits per heavy atom. The number of aliphatic hydroxyl groups is 1. The topological polar surface area (TPSA) is 88.2 Å². The fourth-order valence-electron chi connectivity index (χ4n) is 2.95. The number of hydrogen-bond donors (Lipinski definition) is 2. The maximum atomic E-state index is 12.3. The fraction of sp³-hybridized carbons (Fsp3) is 0.471. The lowest BCUT2D eigenvalue weighted by molar-refractivity contribution is 0.00526. The van der Waals surface area contributed by atoms with Crippen molar-refractivity contribution in [2.75, 3.05) is 6.54 Å². The Bertz CT molecular complexity index is 690.